The normalized spacial score (nSPS) is 17.0. The third-order valence-electron chi connectivity index (χ3n) is 4.31. The fraction of sp³-hybridized carbons (Fsp3) is 0.444. The van der Waals surface area contributed by atoms with Crippen molar-refractivity contribution >= 4 is 5.91 Å². The Labute approximate surface area is 142 Å². The van der Waals surface area contributed by atoms with E-state index in [2.05, 4.69) is 10.00 Å². The summed E-state index contributed by atoms with van der Waals surface area (Å²) in [4.78, 5) is 16.6. The van der Waals surface area contributed by atoms with Gasteiger partial charge in [-0.3, -0.25) is 9.69 Å². The van der Waals surface area contributed by atoms with Gasteiger partial charge in [-0.2, -0.15) is 5.10 Å². The number of carbonyl (C=O) groups excluding carboxylic acids is 1. The van der Waals surface area contributed by atoms with Crippen molar-refractivity contribution in [2.75, 3.05) is 32.7 Å². The highest BCUT2D eigenvalue weighted by molar-refractivity contribution is 5.79. The first-order valence-corrected chi connectivity index (χ1v) is 8.39. The minimum Gasteiger partial charge on any atom is -0.392 e. The smallest absolute Gasteiger partial charge is 0.227 e. The van der Waals surface area contributed by atoms with E-state index in [1.165, 1.54) is 0 Å². The maximum absolute atomic E-state index is 12.5. The van der Waals surface area contributed by atoms with Crippen LogP contribution in [0.5, 0.6) is 0 Å². The molecule has 0 spiro atoms. The second kappa shape index (κ2) is 7.59. The summed E-state index contributed by atoms with van der Waals surface area (Å²) in [5, 5.41) is 13.6. The molecule has 0 radical (unpaired) electrons. The van der Waals surface area contributed by atoms with Crippen molar-refractivity contribution in [2.24, 2.45) is 0 Å². The molecule has 0 aliphatic carbocycles. The van der Waals surface area contributed by atoms with Gasteiger partial charge in [-0.25, -0.2) is 4.68 Å². The number of β-amino-alcohol motifs (C(OH)–C–C–N with tert-alkyl or cyclic N) is 1. The Balaban J connectivity index is 1.52. The molecule has 1 atom stereocenters. The molecule has 1 aliphatic heterocycles. The molecule has 1 N–H and O–H groups in total. The van der Waals surface area contributed by atoms with Crippen LogP contribution < -0.4 is 0 Å². The first-order valence-electron chi connectivity index (χ1n) is 8.39. The van der Waals surface area contributed by atoms with Gasteiger partial charge in [0.15, 0.2) is 0 Å². The third-order valence-corrected chi connectivity index (χ3v) is 4.31. The Morgan fingerprint density at radius 1 is 1.21 bits per heavy atom. The van der Waals surface area contributed by atoms with E-state index >= 15 is 0 Å². The molecule has 0 saturated carbocycles. The van der Waals surface area contributed by atoms with Gasteiger partial charge in [0.2, 0.25) is 5.91 Å². The molecule has 1 aliphatic rings. The van der Waals surface area contributed by atoms with Crippen LogP contribution in [0.2, 0.25) is 0 Å². The molecule has 1 aromatic carbocycles. The molecule has 1 unspecified atom stereocenters. The van der Waals surface area contributed by atoms with Gasteiger partial charge in [0.25, 0.3) is 0 Å². The number of aliphatic hydroxyl groups is 1. The van der Waals surface area contributed by atoms with Gasteiger partial charge < -0.3 is 10.0 Å². The fourth-order valence-corrected chi connectivity index (χ4v) is 3.03. The molecule has 6 nitrogen and oxygen atoms in total. The Morgan fingerprint density at radius 3 is 2.50 bits per heavy atom. The average molecular weight is 328 g/mol. The zero-order valence-electron chi connectivity index (χ0n) is 14.0. The van der Waals surface area contributed by atoms with E-state index in [-0.39, 0.29) is 12.0 Å². The number of benzene rings is 1. The van der Waals surface area contributed by atoms with E-state index < -0.39 is 0 Å². The monoisotopic (exact) mass is 328 g/mol. The second-order valence-corrected chi connectivity index (χ2v) is 6.32. The molecular formula is C18H24N4O2. The molecule has 6 heteroatoms. The summed E-state index contributed by atoms with van der Waals surface area (Å²) in [6, 6.07) is 9.82. The van der Waals surface area contributed by atoms with Crippen molar-refractivity contribution in [2.45, 2.75) is 19.4 Å². The van der Waals surface area contributed by atoms with E-state index in [0.717, 1.165) is 37.4 Å². The summed E-state index contributed by atoms with van der Waals surface area (Å²) in [6.07, 6.45) is 3.75. The molecule has 1 fully saturated rings. The lowest BCUT2D eigenvalue weighted by atomic mass is 10.1. The fourth-order valence-electron chi connectivity index (χ4n) is 3.03. The summed E-state index contributed by atoms with van der Waals surface area (Å²) >= 11 is 0. The van der Waals surface area contributed by atoms with Crippen LogP contribution in [0.3, 0.4) is 0 Å². The number of hydrogen-bond acceptors (Lipinski definition) is 4. The zero-order valence-corrected chi connectivity index (χ0v) is 14.0. The Morgan fingerprint density at radius 2 is 1.92 bits per heavy atom. The molecular weight excluding hydrogens is 304 g/mol. The molecule has 3 rings (SSSR count). The van der Waals surface area contributed by atoms with Crippen molar-refractivity contribution < 1.29 is 9.90 Å². The van der Waals surface area contributed by atoms with Crippen molar-refractivity contribution in [1.82, 2.24) is 19.6 Å². The van der Waals surface area contributed by atoms with Crippen LogP contribution in [-0.2, 0) is 11.2 Å². The van der Waals surface area contributed by atoms with Crippen molar-refractivity contribution in [3.8, 4) is 5.69 Å². The van der Waals surface area contributed by atoms with Gasteiger partial charge in [-0.1, -0.05) is 12.1 Å². The number of amides is 1. The highest BCUT2D eigenvalue weighted by Gasteiger charge is 2.21. The lowest BCUT2D eigenvalue weighted by Gasteiger charge is -2.35. The molecule has 1 saturated heterocycles. The van der Waals surface area contributed by atoms with E-state index in [4.69, 9.17) is 0 Å². The number of rotatable bonds is 5. The van der Waals surface area contributed by atoms with Crippen LogP contribution >= 0.6 is 0 Å². The van der Waals surface area contributed by atoms with Crippen LogP contribution in [0, 0.1) is 0 Å². The Bertz CT molecular complexity index is 644. The summed E-state index contributed by atoms with van der Waals surface area (Å²) in [5.74, 6) is 0.165. The van der Waals surface area contributed by atoms with Crippen LogP contribution in [0.1, 0.15) is 12.5 Å². The SMILES string of the molecule is CC(O)CN1CCN(C(=O)Cc2ccc(-n3cccn3)cc2)CC1. The predicted octanol–water partition coefficient (Wildman–Crippen LogP) is 0.940. The largest absolute Gasteiger partial charge is 0.392 e. The standard InChI is InChI=1S/C18H24N4O2/c1-15(23)14-20-9-11-21(12-10-20)18(24)13-16-3-5-17(6-4-16)22-8-2-7-19-22/h2-8,15,23H,9-14H2,1H3. The van der Waals surface area contributed by atoms with Crippen molar-refractivity contribution in [3.63, 3.8) is 0 Å². The number of aliphatic hydroxyl groups excluding tert-OH is 1. The molecule has 0 bridgehead atoms. The quantitative estimate of drug-likeness (QED) is 0.887. The van der Waals surface area contributed by atoms with Gasteiger partial charge in [-0.15, -0.1) is 0 Å². The number of hydrogen-bond donors (Lipinski definition) is 1. The molecule has 24 heavy (non-hydrogen) atoms. The molecule has 1 aromatic heterocycles. The lowest BCUT2D eigenvalue weighted by Crippen LogP contribution is -2.50. The van der Waals surface area contributed by atoms with Gasteiger partial charge in [0.05, 0.1) is 18.2 Å². The Hall–Kier alpha value is -2.18. The first kappa shape index (κ1) is 16.7. The highest BCUT2D eigenvalue weighted by Crippen LogP contribution is 2.11. The second-order valence-electron chi connectivity index (χ2n) is 6.32. The summed E-state index contributed by atoms with van der Waals surface area (Å²) in [5.41, 5.74) is 2.00. The van der Waals surface area contributed by atoms with E-state index in [1.807, 2.05) is 41.4 Å². The first-order chi connectivity index (χ1) is 11.6. The van der Waals surface area contributed by atoms with E-state index in [0.29, 0.717) is 13.0 Å². The average Bonchev–Trinajstić information content (AvgIpc) is 3.10. The minimum atomic E-state index is -0.319. The van der Waals surface area contributed by atoms with Gasteiger partial charge in [0, 0.05) is 45.1 Å². The van der Waals surface area contributed by atoms with E-state index in [9.17, 15) is 9.90 Å². The maximum atomic E-state index is 12.5. The summed E-state index contributed by atoms with van der Waals surface area (Å²) in [7, 11) is 0. The Kier molecular flexibility index (Phi) is 5.27. The van der Waals surface area contributed by atoms with Gasteiger partial charge in [0.1, 0.15) is 0 Å². The molecule has 128 valence electrons. The van der Waals surface area contributed by atoms with Crippen LogP contribution in [0.15, 0.2) is 42.7 Å². The van der Waals surface area contributed by atoms with Gasteiger partial charge >= 0.3 is 0 Å². The highest BCUT2D eigenvalue weighted by atomic mass is 16.3. The lowest BCUT2D eigenvalue weighted by molar-refractivity contribution is -0.132. The number of nitrogens with zero attached hydrogens (tertiary/aromatic N) is 4. The van der Waals surface area contributed by atoms with Crippen molar-refractivity contribution in [1.29, 1.82) is 0 Å². The number of piperazine rings is 1. The van der Waals surface area contributed by atoms with Crippen LogP contribution in [-0.4, -0.2) is 69.4 Å². The van der Waals surface area contributed by atoms with E-state index in [1.54, 1.807) is 17.8 Å². The summed E-state index contributed by atoms with van der Waals surface area (Å²) in [6.45, 7) is 5.60. The van der Waals surface area contributed by atoms with Crippen LogP contribution in [0.25, 0.3) is 5.69 Å². The number of carbonyl (C=O) groups is 1. The van der Waals surface area contributed by atoms with Crippen molar-refractivity contribution in [3.05, 3.63) is 48.3 Å². The van der Waals surface area contributed by atoms with Gasteiger partial charge in [-0.05, 0) is 30.7 Å². The molecule has 1 amide bonds. The minimum absolute atomic E-state index is 0.165. The summed E-state index contributed by atoms with van der Waals surface area (Å²) < 4.78 is 1.80. The maximum Gasteiger partial charge on any atom is 0.227 e. The topological polar surface area (TPSA) is 61.6 Å². The molecule has 2 aromatic rings. The number of aromatic nitrogens is 2. The third kappa shape index (κ3) is 4.21. The molecule has 2 heterocycles. The van der Waals surface area contributed by atoms with Crippen LogP contribution in [0.4, 0.5) is 0 Å². The predicted molar refractivity (Wildman–Crippen MR) is 92.0 cm³/mol. The zero-order chi connectivity index (χ0) is 16.9.